The van der Waals surface area contributed by atoms with E-state index in [0.29, 0.717) is 5.69 Å². The van der Waals surface area contributed by atoms with Gasteiger partial charge in [0.25, 0.3) is 6.43 Å². The maximum absolute atomic E-state index is 12.1. The highest BCUT2D eigenvalue weighted by Crippen LogP contribution is 2.08. The van der Waals surface area contributed by atoms with Gasteiger partial charge in [0.1, 0.15) is 6.54 Å². The molecule has 1 atom stereocenters. The molecular formula is C8H11F2N3O2. The fourth-order valence-electron chi connectivity index (χ4n) is 1.12. The first-order chi connectivity index (χ1) is 7.00. The number of alkyl halides is 2. The van der Waals surface area contributed by atoms with Gasteiger partial charge in [-0.05, 0) is 0 Å². The molecule has 0 saturated carbocycles. The highest BCUT2D eigenvalue weighted by molar-refractivity contribution is 5.69. The predicted octanol–water partition coefficient (Wildman–Crippen LogP) is 0.806. The quantitative estimate of drug-likeness (QED) is 0.795. The summed E-state index contributed by atoms with van der Waals surface area (Å²) in [5, 5.41) is 15.6. The van der Waals surface area contributed by atoms with E-state index in [4.69, 9.17) is 5.11 Å². The Kier molecular flexibility index (Phi) is 3.70. The molecule has 1 aromatic rings. The lowest BCUT2D eigenvalue weighted by atomic mass is 10.1. The van der Waals surface area contributed by atoms with Crippen molar-refractivity contribution in [2.75, 3.05) is 0 Å². The molecule has 7 heteroatoms. The Hall–Kier alpha value is -1.53. The van der Waals surface area contributed by atoms with E-state index in [1.54, 1.807) is 0 Å². The van der Waals surface area contributed by atoms with Crippen molar-refractivity contribution in [3.63, 3.8) is 0 Å². The van der Waals surface area contributed by atoms with E-state index >= 15 is 0 Å². The van der Waals surface area contributed by atoms with Crippen LogP contribution in [0.1, 0.15) is 12.6 Å². The summed E-state index contributed by atoms with van der Waals surface area (Å²) in [6, 6.07) is 0. The minimum atomic E-state index is -2.52. The van der Waals surface area contributed by atoms with Gasteiger partial charge in [0.2, 0.25) is 0 Å². The second kappa shape index (κ2) is 4.81. The number of rotatable bonds is 5. The number of aliphatic carboxylic acids is 1. The smallest absolute Gasteiger partial charge is 0.306 e. The van der Waals surface area contributed by atoms with Gasteiger partial charge in [-0.3, -0.25) is 4.79 Å². The second-order valence-electron chi connectivity index (χ2n) is 3.24. The minimum Gasteiger partial charge on any atom is -0.481 e. The van der Waals surface area contributed by atoms with Gasteiger partial charge in [0.05, 0.1) is 17.8 Å². The van der Waals surface area contributed by atoms with Gasteiger partial charge < -0.3 is 5.11 Å². The number of hydrogen-bond acceptors (Lipinski definition) is 3. The van der Waals surface area contributed by atoms with Crippen LogP contribution in [0.3, 0.4) is 0 Å². The summed E-state index contributed by atoms with van der Waals surface area (Å²) in [4.78, 5) is 10.6. The maximum atomic E-state index is 12.1. The first kappa shape index (κ1) is 11.5. The van der Waals surface area contributed by atoms with Crippen molar-refractivity contribution >= 4 is 5.97 Å². The lowest BCUT2D eigenvalue weighted by molar-refractivity contribution is -0.141. The zero-order chi connectivity index (χ0) is 11.4. The summed E-state index contributed by atoms with van der Waals surface area (Å²) in [7, 11) is 0. The van der Waals surface area contributed by atoms with E-state index in [-0.39, 0.29) is 6.42 Å². The van der Waals surface area contributed by atoms with Gasteiger partial charge in [-0.2, -0.15) is 0 Å². The zero-order valence-corrected chi connectivity index (χ0v) is 8.10. The number of nitrogens with zero attached hydrogens (tertiary/aromatic N) is 3. The van der Waals surface area contributed by atoms with Crippen molar-refractivity contribution in [2.24, 2.45) is 5.92 Å². The van der Waals surface area contributed by atoms with Crippen LogP contribution < -0.4 is 0 Å². The molecule has 1 unspecified atom stereocenters. The fraction of sp³-hybridized carbons (Fsp3) is 0.625. The summed E-state index contributed by atoms with van der Waals surface area (Å²) < 4.78 is 25.2. The van der Waals surface area contributed by atoms with Crippen LogP contribution in [-0.2, 0) is 17.8 Å². The van der Waals surface area contributed by atoms with Crippen molar-refractivity contribution in [1.82, 2.24) is 15.0 Å². The van der Waals surface area contributed by atoms with Gasteiger partial charge in [-0.25, -0.2) is 13.5 Å². The summed E-state index contributed by atoms with van der Waals surface area (Å²) in [6.45, 7) is 0.948. The summed E-state index contributed by atoms with van der Waals surface area (Å²) >= 11 is 0. The van der Waals surface area contributed by atoms with Crippen LogP contribution >= 0.6 is 0 Å². The highest BCUT2D eigenvalue weighted by Gasteiger charge is 2.16. The largest absolute Gasteiger partial charge is 0.481 e. The van der Waals surface area contributed by atoms with Gasteiger partial charge in [-0.15, -0.1) is 5.10 Å². The molecular weight excluding hydrogens is 208 g/mol. The molecule has 1 rings (SSSR count). The van der Waals surface area contributed by atoms with Crippen molar-refractivity contribution < 1.29 is 18.7 Å². The standard InChI is InChI=1S/C8H11F2N3O2/c1-5(8(14)15)2-6-3-11-12-13(6)4-7(9)10/h3,5,7H,2,4H2,1H3,(H,14,15). The number of hydrogen-bond donors (Lipinski definition) is 1. The second-order valence-corrected chi connectivity index (χ2v) is 3.24. The van der Waals surface area contributed by atoms with Crippen molar-refractivity contribution in [3.05, 3.63) is 11.9 Å². The van der Waals surface area contributed by atoms with E-state index in [9.17, 15) is 13.6 Å². The molecule has 1 heterocycles. The SMILES string of the molecule is CC(Cc1cnnn1CC(F)F)C(=O)O. The van der Waals surface area contributed by atoms with Crippen LogP contribution in [0.2, 0.25) is 0 Å². The minimum absolute atomic E-state index is 0.148. The molecule has 0 fully saturated rings. The van der Waals surface area contributed by atoms with Crippen molar-refractivity contribution in [2.45, 2.75) is 26.3 Å². The van der Waals surface area contributed by atoms with Gasteiger partial charge in [-0.1, -0.05) is 12.1 Å². The molecule has 5 nitrogen and oxygen atoms in total. The molecule has 0 radical (unpaired) electrons. The molecule has 1 aromatic heterocycles. The number of carboxylic acids is 1. The molecule has 0 saturated heterocycles. The first-order valence-electron chi connectivity index (χ1n) is 4.39. The summed E-state index contributed by atoms with van der Waals surface area (Å²) in [6.07, 6.45) is -1.07. The lowest BCUT2D eigenvalue weighted by Gasteiger charge is -2.07. The first-order valence-corrected chi connectivity index (χ1v) is 4.39. The molecule has 0 bridgehead atoms. The third kappa shape index (κ3) is 3.26. The molecule has 0 aromatic carbocycles. The normalized spacial score (nSPS) is 13.1. The number of aromatic nitrogens is 3. The zero-order valence-electron chi connectivity index (χ0n) is 8.10. The lowest BCUT2D eigenvalue weighted by Crippen LogP contribution is -2.17. The molecule has 0 aliphatic rings. The third-order valence-electron chi connectivity index (χ3n) is 1.95. The summed E-state index contributed by atoms with van der Waals surface area (Å²) in [5.41, 5.74) is 0.408. The monoisotopic (exact) mass is 219 g/mol. The van der Waals surface area contributed by atoms with Gasteiger partial charge >= 0.3 is 5.97 Å². The fourth-order valence-corrected chi connectivity index (χ4v) is 1.12. The molecule has 1 N–H and O–H groups in total. The van der Waals surface area contributed by atoms with E-state index < -0.39 is 24.9 Å². The average Bonchev–Trinajstić information content (AvgIpc) is 2.51. The van der Waals surface area contributed by atoms with Crippen LogP contribution in [0.4, 0.5) is 8.78 Å². The predicted molar refractivity (Wildman–Crippen MR) is 46.5 cm³/mol. The third-order valence-corrected chi connectivity index (χ3v) is 1.95. The van der Waals surface area contributed by atoms with Crippen LogP contribution in [-0.4, -0.2) is 32.5 Å². The molecule has 0 spiro atoms. The molecule has 15 heavy (non-hydrogen) atoms. The van der Waals surface area contributed by atoms with Gasteiger partial charge in [0, 0.05) is 6.42 Å². The molecule has 0 aliphatic carbocycles. The Morgan fingerprint density at radius 2 is 2.33 bits per heavy atom. The van der Waals surface area contributed by atoms with E-state index in [2.05, 4.69) is 10.3 Å². The summed E-state index contributed by atoms with van der Waals surface area (Å²) in [5.74, 6) is -1.61. The number of carboxylic acid groups (broad SMARTS) is 1. The Bertz CT molecular complexity index is 340. The Morgan fingerprint density at radius 1 is 1.67 bits per heavy atom. The maximum Gasteiger partial charge on any atom is 0.306 e. The molecule has 0 amide bonds. The van der Waals surface area contributed by atoms with Crippen LogP contribution in [0.5, 0.6) is 0 Å². The number of halogens is 2. The van der Waals surface area contributed by atoms with Crippen molar-refractivity contribution in [3.8, 4) is 0 Å². The molecule has 84 valence electrons. The van der Waals surface area contributed by atoms with E-state index in [1.807, 2.05) is 0 Å². The van der Waals surface area contributed by atoms with Crippen LogP contribution in [0, 0.1) is 5.92 Å². The van der Waals surface area contributed by atoms with Crippen LogP contribution in [0.15, 0.2) is 6.20 Å². The number of carbonyl (C=O) groups is 1. The van der Waals surface area contributed by atoms with Crippen LogP contribution in [0.25, 0.3) is 0 Å². The van der Waals surface area contributed by atoms with E-state index in [0.717, 1.165) is 4.68 Å². The van der Waals surface area contributed by atoms with Crippen molar-refractivity contribution in [1.29, 1.82) is 0 Å². The average molecular weight is 219 g/mol. The Balaban J connectivity index is 2.68. The van der Waals surface area contributed by atoms with Gasteiger partial charge in [0.15, 0.2) is 0 Å². The van der Waals surface area contributed by atoms with E-state index in [1.165, 1.54) is 13.1 Å². The highest BCUT2D eigenvalue weighted by atomic mass is 19.3. The Morgan fingerprint density at radius 3 is 2.87 bits per heavy atom. The topological polar surface area (TPSA) is 68.0 Å². The Labute approximate surface area is 84.7 Å². The molecule has 0 aliphatic heterocycles.